The molecule has 0 radical (unpaired) electrons. The molecule has 1 atom stereocenters. The Bertz CT molecular complexity index is 1510. The molecule has 1 aliphatic heterocycles. The van der Waals surface area contributed by atoms with Gasteiger partial charge >= 0.3 is 5.97 Å². The van der Waals surface area contributed by atoms with E-state index in [0.29, 0.717) is 10.7 Å². The first kappa shape index (κ1) is 20.3. The number of halogens is 1. The largest absolute Gasteiger partial charge is 0.478 e. The molecule has 0 N–H and O–H groups in total. The minimum absolute atomic E-state index is 0.00788. The fraction of sp³-hybridized carbons (Fsp3) is 0.0370. The van der Waals surface area contributed by atoms with E-state index in [-0.39, 0.29) is 50.8 Å². The van der Waals surface area contributed by atoms with Crippen LogP contribution in [0.5, 0.6) is 11.5 Å². The summed E-state index contributed by atoms with van der Waals surface area (Å²) in [6, 6.07) is 14.2. The summed E-state index contributed by atoms with van der Waals surface area (Å²) in [7, 11) is 0. The van der Waals surface area contributed by atoms with E-state index in [2.05, 4.69) is 4.99 Å². The first-order valence-corrected chi connectivity index (χ1v) is 10.9. The summed E-state index contributed by atoms with van der Waals surface area (Å²) in [4.78, 5) is 44.6. The van der Waals surface area contributed by atoms with Gasteiger partial charge in [-0.3, -0.25) is 9.59 Å². The predicted molar refractivity (Wildman–Crippen MR) is 126 cm³/mol. The van der Waals surface area contributed by atoms with Gasteiger partial charge in [0.1, 0.15) is 11.4 Å². The molecule has 0 spiro atoms. The number of esters is 1. The molecule has 0 aromatic heterocycles. The summed E-state index contributed by atoms with van der Waals surface area (Å²) < 4.78 is 11.7. The summed E-state index contributed by atoms with van der Waals surface area (Å²) in [6.45, 7) is 0. The second kappa shape index (κ2) is 7.64. The van der Waals surface area contributed by atoms with Gasteiger partial charge in [-0.05, 0) is 36.4 Å². The van der Waals surface area contributed by atoms with Gasteiger partial charge in [-0.25, -0.2) is 9.79 Å². The van der Waals surface area contributed by atoms with Gasteiger partial charge in [0.2, 0.25) is 0 Å². The summed E-state index contributed by atoms with van der Waals surface area (Å²) in [6.07, 6.45) is 6.82. The smallest absolute Gasteiger partial charge is 0.343 e. The van der Waals surface area contributed by atoms with Crippen LogP contribution in [-0.4, -0.2) is 29.4 Å². The number of ether oxygens (including phenoxy) is 2. The Kier molecular flexibility index (Phi) is 4.57. The molecule has 1 unspecified atom stereocenters. The highest BCUT2D eigenvalue weighted by Crippen LogP contribution is 2.47. The third-order valence-electron chi connectivity index (χ3n) is 5.83. The normalized spacial score (nSPS) is 17.1. The van der Waals surface area contributed by atoms with Crippen molar-refractivity contribution in [2.24, 2.45) is 4.99 Å². The Morgan fingerprint density at radius 3 is 2.38 bits per heavy atom. The van der Waals surface area contributed by atoms with Crippen LogP contribution >= 0.6 is 11.6 Å². The maximum atomic E-state index is 13.6. The van der Waals surface area contributed by atoms with E-state index in [1.54, 1.807) is 42.5 Å². The molecule has 1 heterocycles. The number of carbonyl (C=O) groups excluding carboxylic acids is 3. The molecule has 34 heavy (non-hydrogen) atoms. The molecule has 164 valence electrons. The van der Waals surface area contributed by atoms with Crippen molar-refractivity contribution >= 4 is 40.5 Å². The van der Waals surface area contributed by atoms with Crippen LogP contribution < -0.4 is 9.47 Å². The number of nitrogens with zero attached hydrogens (tertiary/aromatic N) is 1. The van der Waals surface area contributed by atoms with E-state index in [1.165, 1.54) is 18.2 Å². The Balaban J connectivity index is 1.55. The van der Waals surface area contributed by atoms with E-state index < -0.39 is 17.9 Å². The summed E-state index contributed by atoms with van der Waals surface area (Å²) >= 11 is 5.92. The second-order valence-corrected chi connectivity index (χ2v) is 8.33. The number of carbonyl (C=O) groups is 3. The molecule has 0 amide bonds. The van der Waals surface area contributed by atoms with Gasteiger partial charge in [-0.2, -0.15) is 0 Å². The number of aliphatic imine (C=N–C) groups is 1. The van der Waals surface area contributed by atoms with Crippen LogP contribution in [0.2, 0.25) is 5.02 Å². The molecule has 2 aliphatic carbocycles. The van der Waals surface area contributed by atoms with Crippen LogP contribution in [-0.2, 0) is 0 Å². The quantitative estimate of drug-likeness (QED) is 0.295. The molecule has 3 aromatic rings. The van der Waals surface area contributed by atoms with Crippen LogP contribution in [0, 0.1) is 0 Å². The lowest BCUT2D eigenvalue weighted by Crippen LogP contribution is -2.30. The monoisotopic (exact) mass is 467 g/mol. The summed E-state index contributed by atoms with van der Waals surface area (Å²) in [5.41, 5.74) is 1.67. The maximum absolute atomic E-state index is 13.6. The van der Waals surface area contributed by atoms with Gasteiger partial charge in [0.25, 0.3) is 0 Å². The zero-order chi connectivity index (χ0) is 23.4. The van der Waals surface area contributed by atoms with Crippen molar-refractivity contribution in [1.29, 1.82) is 0 Å². The van der Waals surface area contributed by atoms with Crippen LogP contribution in [0.4, 0.5) is 5.69 Å². The molecule has 6 rings (SSSR count). The van der Waals surface area contributed by atoms with Crippen molar-refractivity contribution in [3.05, 3.63) is 112 Å². The molecule has 6 nitrogen and oxygen atoms in total. The number of ketones is 2. The zero-order valence-electron chi connectivity index (χ0n) is 17.4. The number of rotatable bonds is 2. The maximum Gasteiger partial charge on any atom is 0.343 e. The average Bonchev–Trinajstić information content (AvgIpc) is 2.86. The fourth-order valence-electron chi connectivity index (χ4n) is 4.22. The van der Waals surface area contributed by atoms with E-state index >= 15 is 0 Å². The van der Waals surface area contributed by atoms with Gasteiger partial charge in [-0.1, -0.05) is 48.0 Å². The minimum Gasteiger partial charge on any atom is -0.478 e. The third-order valence-corrected chi connectivity index (χ3v) is 6.08. The zero-order valence-corrected chi connectivity index (χ0v) is 18.2. The van der Waals surface area contributed by atoms with Crippen molar-refractivity contribution in [1.82, 2.24) is 0 Å². The van der Waals surface area contributed by atoms with Crippen LogP contribution in [0.25, 0.3) is 0 Å². The van der Waals surface area contributed by atoms with E-state index in [9.17, 15) is 14.4 Å². The van der Waals surface area contributed by atoms with Gasteiger partial charge in [-0.15, -0.1) is 0 Å². The van der Waals surface area contributed by atoms with Gasteiger partial charge in [0.05, 0.1) is 22.4 Å². The van der Waals surface area contributed by atoms with Crippen LogP contribution in [0.3, 0.4) is 0 Å². The Labute approximate surface area is 198 Å². The molecular weight excluding hydrogens is 454 g/mol. The molecule has 7 heteroatoms. The minimum atomic E-state index is -0.696. The number of fused-ring (bicyclic) bond motifs is 5. The molecule has 0 saturated carbocycles. The van der Waals surface area contributed by atoms with Crippen molar-refractivity contribution < 1.29 is 23.9 Å². The van der Waals surface area contributed by atoms with Crippen molar-refractivity contribution in [3.63, 3.8) is 0 Å². The average molecular weight is 468 g/mol. The molecule has 3 aliphatic rings. The fourth-order valence-corrected chi connectivity index (χ4v) is 4.35. The van der Waals surface area contributed by atoms with Crippen molar-refractivity contribution in [3.8, 4) is 11.5 Å². The molecule has 3 aromatic carbocycles. The SMILES string of the molecule is O=C(Oc1cc2c(c3c1C(=O)c1ccccc1C3=O)N=C1C=CC=CC1O2)c1ccc(Cl)cc1. The Morgan fingerprint density at radius 1 is 0.941 bits per heavy atom. The highest BCUT2D eigenvalue weighted by Gasteiger charge is 2.39. The molecule has 0 saturated heterocycles. The Morgan fingerprint density at radius 2 is 1.65 bits per heavy atom. The van der Waals surface area contributed by atoms with Gasteiger partial charge in [0.15, 0.2) is 23.4 Å². The summed E-state index contributed by atoms with van der Waals surface area (Å²) in [5, 5.41) is 0.469. The first-order chi connectivity index (χ1) is 16.5. The lowest BCUT2D eigenvalue weighted by atomic mass is 9.82. The van der Waals surface area contributed by atoms with Gasteiger partial charge < -0.3 is 9.47 Å². The number of allylic oxidation sites excluding steroid dienone is 2. The van der Waals surface area contributed by atoms with Crippen molar-refractivity contribution in [2.45, 2.75) is 6.10 Å². The molecule has 0 bridgehead atoms. The lowest BCUT2D eigenvalue weighted by Gasteiger charge is -2.28. The third kappa shape index (κ3) is 3.11. The van der Waals surface area contributed by atoms with E-state index in [4.69, 9.17) is 21.1 Å². The summed E-state index contributed by atoms with van der Waals surface area (Å²) in [5.74, 6) is -1.30. The van der Waals surface area contributed by atoms with E-state index in [1.807, 2.05) is 18.2 Å². The van der Waals surface area contributed by atoms with Crippen LogP contribution in [0.1, 0.15) is 42.2 Å². The lowest BCUT2D eigenvalue weighted by molar-refractivity contribution is 0.0731. The highest BCUT2D eigenvalue weighted by atomic mass is 35.5. The number of benzene rings is 3. The number of hydrogen-bond donors (Lipinski definition) is 0. The topological polar surface area (TPSA) is 82.0 Å². The first-order valence-electron chi connectivity index (χ1n) is 10.5. The number of hydrogen-bond acceptors (Lipinski definition) is 6. The van der Waals surface area contributed by atoms with Gasteiger partial charge in [0, 0.05) is 22.2 Å². The predicted octanol–water partition coefficient (Wildman–Crippen LogP) is 5.29. The standard InChI is InChI=1S/C27H14ClNO5/c28-15-11-9-14(10-12-15)27(32)34-20-13-21-24(29-18-7-3-4-8-19(18)33-21)23-22(20)25(30)16-5-1-2-6-17(16)26(23)31/h1-13,19H. The molecule has 0 fully saturated rings. The molecular formula is C27H14ClNO5. The second-order valence-electron chi connectivity index (χ2n) is 7.89. The van der Waals surface area contributed by atoms with Crippen molar-refractivity contribution in [2.75, 3.05) is 0 Å². The van der Waals surface area contributed by atoms with E-state index in [0.717, 1.165) is 0 Å². The van der Waals surface area contributed by atoms with Crippen LogP contribution in [0.15, 0.2) is 83.9 Å². The Hall–Kier alpha value is -4.29. The highest BCUT2D eigenvalue weighted by molar-refractivity contribution is 6.32.